The maximum absolute atomic E-state index is 13.6. The largest absolute Gasteiger partial charge is 0.379 e. The van der Waals surface area contributed by atoms with E-state index in [0.717, 1.165) is 11.0 Å². The smallest absolute Gasteiger partial charge is 0.299 e. The summed E-state index contributed by atoms with van der Waals surface area (Å²) < 4.78 is 32.1. The van der Waals surface area contributed by atoms with Crippen molar-refractivity contribution in [3.05, 3.63) is 29.3 Å². The Hall–Kier alpha value is -1.82. The summed E-state index contributed by atoms with van der Waals surface area (Å²) >= 11 is 0. The van der Waals surface area contributed by atoms with E-state index in [-0.39, 0.29) is 17.8 Å². The number of amides is 1. The van der Waals surface area contributed by atoms with Crippen molar-refractivity contribution in [1.82, 2.24) is 0 Å². The molecule has 1 aromatic carbocycles. The minimum absolute atomic E-state index is 0.00981. The lowest BCUT2D eigenvalue weighted by Gasteiger charge is -2.26. The summed E-state index contributed by atoms with van der Waals surface area (Å²) in [5.41, 5.74) is -0.867. The minimum atomic E-state index is -1.01. The number of carbonyl (C=O) groups excluding carboxylic acids is 2. The van der Waals surface area contributed by atoms with Crippen molar-refractivity contribution < 1.29 is 23.1 Å². The summed E-state index contributed by atoms with van der Waals surface area (Å²) in [7, 11) is 1.53. The van der Waals surface area contributed by atoms with E-state index in [4.69, 9.17) is 4.74 Å². The number of hydrogen-bond donors (Lipinski definition) is 0. The van der Waals surface area contributed by atoms with Crippen molar-refractivity contribution in [3.63, 3.8) is 0 Å². The van der Waals surface area contributed by atoms with Crippen molar-refractivity contribution in [3.8, 4) is 0 Å². The van der Waals surface area contributed by atoms with Crippen molar-refractivity contribution >= 4 is 17.4 Å². The molecule has 0 saturated carbocycles. The molecule has 0 saturated heterocycles. The first-order valence-electron chi connectivity index (χ1n) is 6.17. The lowest BCUT2D eigenvalue weighted by atomic mass is 10.0. The Bertz CT molecular complexity index is 584. The van der Waals surface area contributed by atoms with E-state index in [1.807, 2.05) is 13.8 Å². The first-order chi connectivity index (χ1) is 9.26. The molecule has 0 bridgehead atoms. The Balaban J connectivity index is 2.34. The molecule has 1 aromatic rings. The van der Waals surface area contributed by atoms with E-state index >= 15 is 0 Å². The van der Waals surface area contributed by atoms with Crippen LogP contribution in [0.3, 0.4) is 0 Å². The van der Waals surface area contributed by atoms with E-state index in [9.17, 15) is 18.4 Å². The van der Waals surface area contributed by atoms with Crippen LogP contribution in [0.25, 0.3) is 0 Å². The number of carbonyl (C=O) groups is 2. The van der Waals surface area contributed by atoms with Gasteiger partial charge in [0.1, 0.15) is 11.6 Å². The third-order valence-electron chi connectivity index (χ3n) is 3.48. The second-order valence-corrected chi connectivity index (χ2v) is 5.28. The molecule has 2 rings (SSSR count). The van der Waals surface area contributed by atoms with Gasteiger partial charge in [0.25, 0.3) is 11.7 Å². The van der Waals surface area contributed by atoms with Gasteiger partial charge in [-0.3, -0.25) is 9.59 Å². The predicted octanol–water partition coefficient (Wildman–Crippen LogP) is 2.31. The third kappa shape index (κ3) is 2.43. The topological polar surface area (TPSA) is 46.6 Å². The van der Waals surface area contributed by atoms with E-state index in [1.54, 1.807) is 0 Å². The highest BCUT2D eigenvalue weighted by Gasteiger charge is 2.39. The van der Waals surface area contributed by atoms with Gasteiger partial charge >= 0.3 is 0 Å². The standard InChI is InChI=1S/C14H15F2NO3/c1-14(2,20-3)4-5-17-10-7-8(15)6-9(16)11(10)12(18)13(17)19/h6-7H,4-5H2,1-3H3. The van der Waals surface area contributed by atoms with E-state index in [1.165, 1.54) is 7.11 Å². The van der Waals surface area contributed by atoms with Gasteiger partial charge in [0.05, 0.1) is 16.9 Å². The molecule has 0 aromatic heterocycles. The molecule has 4 nitrogen and oxygen atoms in total. The number of Topliss-reactive ketones (excluding diaryl/α,β-unsaturated/α-hetero) is 1. The molecule has 1 aliphatic rings. The number of methoxy groups -OCH3 is 1. The molecule has 0 N–H and O–H groups in total. The second-order valence-electron chi connectivity index (χ2n) is 5.28. The highest BCUT2D eigenvalue weighted by molar-refractivity contribution is 6.52. The van der Waals surface area contributed by atoms with Gasteiger partial charge in [-0.1, -0.05) is 0 Å². The molecule has 0 fully saturated rings. The molecule has 0 radical (unpaired) electrons. The summed E-state index contributed by atoms with van der Waals surface area (Å²) in [6, 6.07) is 1.60. The first kappa shape index (κ1) is 14.6. The van der Waals surface area contributed by atoms with Gasteiger partial charge in [-0.15, -0.1) is 0 Å². The van der Waals surface area contributed by atoms with Gasteiger partial charge in [-0.25, -0.2) is 8.78 Å². The third-order valence-corrected chi connectivity index (χ3v) is 3.48. The lowest BCUT2D eigenvalue weighted by Crippen LogP contribution is -2.35. The lowest BCUT2D eigenvalue weighted by molar-refractivity contribution is -0.114. The average molecular weight is 283 g/mol. The number of ether oxygens (including phenoxy) is 1. The second kappa shape index (κ2) is 4.94. The molecular formula is C14H15F2NO3. The number of nitrogens with zero attached hydrogens (tertiary/aromatic N) is 1. The van der Waals surface area contributed by atoms with Gasteiger partial charge in [-0.05, 0) is 26.3 Å². The number of halogens is 2. The van der Waals surface area contributed by atoms with Gasteiger partial charge in [0.15, 0.2) is 0 Å². The van der Waals surface area contributed by atoms with Gasteiger partial charge in [-0.2, -0.15) is 0 Å². The van der Waals surface area contributed by atoms with Crippen LogP contribution in [0.1, 0.15) is 30.6 Å². The van der Waals surface area contributed by atoms with Crippen molar-refractivity contribution in [2.75, 3.05) is 18.6 Å². The predicted molar refractivity (Wildman–Crippen MR) is 68.7 cm³/mol. The quantitative estimate of drug-likeness (QED) is 0.797. The van der Waals surface area contributed by atoms with Gasteiger partial charge in [0, 0.05) is 19.7 Å². The Kier molecular flexibility index (Phi) is 3.60. The first-order valence-corrected chi connectivity index (χ1v) is 6.17. The van der Waals surface area contributed by atoms with Crippen molar-refractivity contribution in [2.45, 2.75) is 25.9 Å². The van der Waals surface area contributed by atoms with Gasteiger partial charge in [0.2, 0.25) is 0 Å². The normalized spacial score (nSPS) is 14.9. The molecule has 6 heteroatoms. The maximum atomic E-state index is 13.6. The fourth-order valence-corrected chi connectivity index (χ4v) is 2.04. The molecule has 0 atom stereocenters. The summed E-state index contributed by atoms with van der Waals surface area (Å²) in [5, 5.41) is 0. The minimum Gasteiger partial charge on any atom is -0.379 e. The summed E-state index contributed by atoms with van der Waals surface area (Å²) in [6.07, 6.45) is 0.431. The number of benzene rings is 1. The molecule has 1 heterocycles. The molecule has 20 heavy (non-hydrogen) atoms. The van der Waals surface area contributed by atoms with Crippen LogP contribution in [0, 0.1) is 11.6 Å². The molecule has 108 valence electrons. The summed E-state index contributed by atoms with van der Waals surface area (Å²) in [4.78, 5) is 24.7. The fraction of sp³-hybridized carbons (Fsp3) is 0.429. The SMILES string of the molecule is COC(C)(C)CCN1C(=O)C(=O)c2c(F)cc(F)cc21. The molecule has 1 aliphatic heterocycles. The van der Waals surface area contributed by atoms with Crippen LogP contribution in [-0.4, -0.2) is 30.9 Å². The molecule has 1 amide bonds. The Labute approximate surface area is 115 Å². The fourth-order valence-electron chi connectivity index (χ4n) is 2.04. The maximum Gasteiger partial charge on any atom is 0.299 e. The number of fused-ring (bicyclic) bond motifs is 1. The van der Waals surface area contributed by atoms with Crippen LogP contribution in [0.4, 0.5) is 14.5 Å². The number of rotatable bonds is 4. The average Bonchev–Trinajstić information content (AvgIpc) is 2.60. The zero-order valence-corrected chi connectivity index (χ0v) is 11.5. The van der Waals surface area contributed by atoms with Crippen LogP contribution in [-0.2, 0) is 9.53 Å². The summed E-state index contributed by atoms with van der Waals surface area (Å²) in [5.74, 6) is -3.60. The van der Waals surface area contributed by atoms with Crippen LogP contribution in [0.2, 0.25) is 0 Å². The zero-order chi connectivity index (χ0) is 15.1. The van der Waals surface area contributed by atoms with E-state index in [0.29, 0.717) is 12.5 Å². The highest BCUT2D eigenvalue weighted by atomic mass is 19.1. The Morgan fingerprint density at radius 3 is 2.50 bits per heavy atom. The molecule has 0 spiro atoms. The highest BCUT2D eigenvalue weighted by Crippen LogP contribution is 2.32. The van der Waals surface area contributed by atoms with Gasteiger partial charge < -0.3 is 9.64 Å². The number of anilines is 1. The van der Waals surface area contributed by atoms with Crippen LogP contribution in [0.15, 0.2) is 12.1 Å². The van der Waals surface area contributed by atoms with E-state index < -0.39 is 28.9 Å². The monoisotopic (exact) mass is 283 g/mol. The number of hydrogen-bond acceptors (Lipinski definition) is 3. The number of ketones is 1. The van der Waals surface area contributed by atoms with Crippen LogP contribution >= 0.6 is 0 Å². The van der Waals surface area contributed by atoms with Crippen molar-refractivity contribution in [2.24, 2.45) is 0 Å². The van der Waals surface area contributed by atoms with Crippen LogP contribution in [0.5, 0.6) is 0 Å². The van der Waals surface area contributed by atoms with E-state index in [2.05, 4.69) is 0 Å². The molecule has 0 unspecified atom stereocenters. The summed E-state index contributed by atoms with van der Waals surface area (Å²) in [6.45, 7) is 3.80. The zero-order valence-electron chi connectivity index (χ0n) is 11.5. The van der Waals surface area contributed by atoms with Crippen molar-refractivity contribution in [1.29, 1.82) is 0 Å². The molecule has 0 aliphatic carbocycles. The Morgan fingerprint density at radius 1 is 1.25 bits per heavy atom. The molecular weight excluding hydrogens is 268 g/mol. The van der Waals surface area contributed by atoms with Crippen LogP contribution < -0.4 is 4.90 Å². The Morgan fingerprint density at radius 2 is 1.90 bits per heavy atom.